The molecule has 2 heterocycles. The molecule has 2 amide bonds. The predicted molar refractivity (Wildman–Crippen MR) is 87.0 cm³/mol. The van der Waals surface area contributed by atoms with E-state index in [1.54, 1.807) is 23.1 Å². The maximum absolute atomic E-state index is 13.8. The van der Waals surface area contributed by atoms with Crippen LogP contribution in [-0.2, 0) is 4.79 Å². The van der Waals surface area contributed by atoms with Crippen LogP contribution >= 0.6 is 0 Å². The van der Waals surface area contributed by atoms with Crippen LogP contribution in [0.25, 0.3) is 10.9 Å². The molecule has 2 atom stereocenters. The number of halogens is 1. The molecule has 1 aromatic heterocycles. The van der Waals surface area contributed by atoms with Gasteiger partial charge in [-0.2, -0.15) is 0 Å². The Hall–Kier alpha value is -2.41. The number of hydrogen-bond acceptors (Lipinski definition) is 3. The number of aromatic nitrogens is 1. The van der Waals surface area contributed by atoms with Crippen LogP contribution in [0.2, 0.25) is 0 Å². The van der Waals surface area contributed by atoms with Gasteiger partial charge in [0.1, 0.15) is 11.5 Å². The number of aliphatic hydroxyl groups is 1. The standard InChI is InChI=1S/C17H20FN3O3/c1-10(22)19-13-5-7-21(8-6-15(13)23)17(24)14-9-11-3-2-4-12(18)16(11)20-14/h2-4,9,13,15,20,23H,5-8H2,1H3,(H,19,22)/t13-,15-/m0/s1. The molecule has 1 aromatic carbocycles. The number of nitrogens with one attached hydrogen (secondary N) is 2. The molecular weight excluding hydrogens is 313 g/mol. The van der Waals surface area contributed by atoms with Crippen molar-refractivity contribution in [3.8, 4) is 0 Å². The Bertz CT molecular complexity index is 774. The maximum atomic E-state index is 13.8. The number of benzene rings is 1. The van der Waals surface area contributed by atoms with E-state index in [1.165, 1.54) is 13.0 Å². The zero-order chi connectivity index (χ0) is 17.3. The first kappa shape index (κ1) is 16.4. The number of amides is 2. The summed E-state index contributed by atoms with van der Waals surface area (Å²) in [4.78, 5) is 28.3. The Balaban J connectivity index is 1.76. The Morgan fingerprint density at radius 3 is 2.79 bits per heavy atom. The number of aromatic amines is 1. The molecule has 7 heteroatoms. The molecule has 0 aliphatic carbocycles. The molecular formula is C17H20FN3O3. The zero-order valence-corrected chi connectivity index (χ0v) is 13.4. The van der Waals surface area contributed by atoms with Gasteiger partial charge in [-0.15, -0.1) is 0 Å². The van der Waals surface area contributed by atoms with Crippen molar-refractivity contribution in [3.63, 3.8) is 0 Å². The van der Waals surface area contributed by atoms with E-state index in [-0.39, 0.29) is 17.9 Å². The molecule has 24 heavy (non-hydrogen) atoms. The molecule has 128 valence electrons. The summed E-state index contributed by atoms with van der Waals surface area (Å²) in [6, 6.07) is 5.95. The lowest BCUT2D eigenvalue weighted by Crippen LogP contribution is -2.42. The summed E-state index contributed by atoms with van der Waals surface area (Å²) in [5.74, 6) is -0.838. The van der Waals surface area contributed by atoms with Gasteiger partial charge in [0, 0.05) is 25.4 Å². The largest absolute Gasteiger partial charge is 0.391 e. The molecule has 0 radical (unpaired) electrons. The van der Waals surface area contributed by atoms with Gasteiger partial charge >= 0.3 is 0 Å². The summed E-state index contributed by atoms with van der Waals surface area (Å²) in [6.07, 6.45) is 0.165. The number of carbonyl (C=O) groups is 2. The Morgan fingerprint density at radius 1 is 1.33 bits per heavy atom. The van der Waals surface area contributed by atoms with Gasteiger partial charge in [0.15, 0.2) is 0 Å². The minimum absolute atomic E-state index is 0.204. The minimum atomic E-state index is -0.688. The predicted octanol–water partition coefficient (Wildman–Crippen LogP) is 1.41. The maximum Gasteiger partial charge on any atom is 0.270 e. The van der Waals surface area contributed by atoms with Crippen molar-refractivity contribution in [3.05, 3.63) is 35.8 Å². The molecule has 3 rings (SSSR count). The minimum Gasteiger partial charge on any atom is -0.391 e. The summed E-state index contributed by atoms with van der Waals surface area (Å²) in [5, 5.41) is 13.5. The topological polar surface area (TPSA) is 85.4 Å². The van der Waals surface area contributed by atoms with Crippen LogP contribution in [0.3, 0.4) is 0 Å². The highest BCUT2D eigenvalue weighted by Crippen LogP contribution is 2.21. The van der Waals surface area contributed by atoms with Crippen molar-refractivity contribution in [2.75, 3.05) is 13.1 Å². The molecule has 3 N–H and O–H groups in total. The Kier molecular flexibility index (Phi) is 4.53. The average molecular weight is 333 g/mol. The first-order valence-electron chi connectivity index (χ1n) is 7.97. The molecule has 0 unspecified atom stereocenters. The van der Waals surface area contributed by atoms with Crippen LogP contribution in [0.15, 0.2) is 24.3 Å². The van der Waals surface area contributed by atoms with E-state index in [9.17, 15) is 19.1 Å². The van der Waals surface area contributed by atoms with Crippen LogP contribution in [-0.4, -0.2) is 52.0 Å². The SMILES string of the molecule is CC(=O)N[C@H]1CCN(C(=O)c2cc3cccc(F)c3[nH]2)CC[C@@H]1O. The highest BCUT2D eigenvalue weighted by atomic mass is 19.1. The van der Waals surface area contributed by atoms with Crippen LogP contribution in [0.4, 0.5) is 4.39 Å². The van der Waals surface area contributed by atoms with E-state index in [4.69, 9.17) is 0 Å². The molecule has 0 saturated carbocycles. The van der Waals surface area contributed by atoms with Crippen LogP contribution in [0.5, 0.6) is 0 Å². The monoisotopic (exact) mass is 333 g/mol. The Morgan fingerprint density at radius 2 is 2.08 bits per heavy atom. The van der Waals surface area contributed by atoms with Crippen LogP contribution < -0.4 is 5.32 Å². The van der Waals surface area contributed by atoms with Gasteiger partial charge in [-0.05, 0) is 25.0 Å². The number of rotatable bonds is 2. The van der Waals surface area contributed by atoms with Crippen molar-refractivity contribution in [2.45, 2.75) is 31.9 Å². The van der Waals surface area contributed by atoms with E-state index in [2.05, 4.69) is 10.3 Å². The van der Waals surface area contributed by atoms with E-state index in [0.29, 0.717) is 42.5 Å². The second kappa shape index (κ2) is 6.60. The van der Waals surface area contributed by atoms with Gasteiger partial charge in [-0.3, -0.25) is 9.59 Å². The molecule has 2 aromatic rings. The third kappa shape index (κ3) is 3.26. The van der Waals surface area contributed by atoms with Crippen molar-refractivity contribution in [1.29, 1.82) is 0 Å². The first-order valence-corrected chi connectivity index (χ1v) is 7.97. The smallest absolute Gasteiger partial charge is 0.270 e. The number of para-hydroxylation sites is 1. The first-order chi connectivity index (χ1) is 11.5. The second-order valence-electron chi connectivity index (χ2n) is 6.13. The summed E-state index contributed by atoms with van der Waals surface area (Å²) >= 11 is 0. The molecule has 0 bridgehead atoms. The number of carbonyl (C=O) groups excluding carboxylic acids is 2. The van der Waals surface area contributed by atoms with Gasteiger partial charge in [-0.1, -0.05) is 12.1 Å². The summed E-state index contributed by atoms with van der Waals surface area (Å²) in [7, 11) is 0. The van der Waals surface area contributed by atoms with Crippen LogP contribution in [0.1, 0.15) is 30.3 Å². The van der Waals surface area contributed by atoms with Gasteiger partial charge in [0.25, 0.3) is 5.91 Å². The van der Waals surface area contributed by atoms with E-state index in [1.807, 2.05) is 0 Å². The average Bonchev–Trinajstić information content (AvgIpc) is 2.90. The lowest BCUT2D eigenvalue weighted by molar-refractivity contribution is -0.120. The number of hydrogen-bond donors (Lipinski definition) is 3. The van der Waals surface area contributed by atoms with Crippen molar-refractivity contribution in [1.82, 2.24) is 15.2 Å². The van der Waals surface area contributed by atoms with E-state index < -0.39 is 11.9 Å². The number of fused-ring (bicyclic) bond motifs is 1. The third-order valence-corrected chi connectivity index (χ3v) is 4.38. The highest BCUT2D eigenvalue weighted by molar-refractivity contribution is 5.98. The Labute approximate surface area is 138 Å². The third-order valence-electron chi connectivity index (χ3n) is 4.38. The highest BCUT2D eigenvalue weighted by Gasteiger charge is 2.28. The molecule has 1 aliphatic heterocycles. The zero-order valence-electron chi connectivity index (χ0n) is 13.4. The summed E-state index contributed by atoms with van der Waals surface area (Å²) < 4.78 is 13.8. The quantitative estimate of drug-likeness (QED) is 0.777. The molecule has 0 spiro atoms. The van der Waals surface area contributed by atoms with Gasteiger partial charge in [0.05, 0.1) is 17.7 Å². The fourth-order valence-corrected chi connectivity index (χ4v) is 3.13. The van der Waals surface area contributed by atoms with Gasteiger partial charge < -0.3 is 20.3 Å². The number of H-pyrrole nitrogens is 1. The fourth-order valence-electron chi connectivity index (χ4n) is 3.13. The molecule has 1 aliphatic rings. The number of aliphatic hydroxyl groups excluding tert-OH is 1. The molecule has 6 nitrogen and oxygen atoms in total. The lowest BCUT2D eigenvalue weighted by Gasteiger charge is -2.20. The van der Waals surface area contributed by atoms with Crippen molar-refractivity contribution in [2.24, 2.45) is 0 Å². The normalized spacial score (nSPS) is 21.5. The summed E-state index contributed by atoms with van der Waals surface area (Å²) in [5.41, 5.74) is 0.634. The molecule has 1 fully saturated rings. The lowest BCUT2D eigenvalue weighted by atomic mass is 10.1. The van der Waals surface area contributed by atoms with Crippen LogP contribution in [0, 0.1) is 5.82 Å². The molecule has 1 saturated heterocycles. The number of likely N-dealkylation sites (tertiary alicyclic amines) is 1. The van der Waals surface area contributed by atoms with Crippen molar-refractivity contribution >= 4 is 22.7 Å². The second-order valence-corrected chi connectivity index (χ2v) is 6.13. The van der Waals surface area contributed by atoms with E-state index >= 15 is 0 Å². The fraction of sp³-hybridized carbons (Fsp3) is 0.412. The van der Waals surface area contributed by atoms with Crippen molar-refractivity contribution < 1.29 is 19.1 Å². The van der Waals surface area contributed by atoms with E-state index in [0.717, 1.165) is 0 Å². The summed E-state index contributed by atoms with van der Waals surface area (Å²) in [6.45, 7) is 2.20. The number of nitrogens with zero attached hydrogens (tertiary/aromatic N) is 1. The van der Waals surface area contributed by atoms with Gasteiger partial charge in [0.2, 0.25) is 5.91 Å². The van der Waals surface area contributed by atoms with Gasteiger partial charge in [-0.25, -0.2) is 4.39 Å².